The standard InChI is InChI=1S/C36H38N4O8/c1-5-17-45-33(41)29-21-9-11-23(37-21)30(34(42)46-18-6-2)25-13-15-27(39-25)32(36(44)48-20-8-4)28-16-14-26(40-28)31(35(43)47-19-7-3)24-12-10-22(29)38-24/h9-16,37,40H,5-8,17-20H2,1-4H3. The Kier molecular flexibility index (Phi) is 10.8. The van der Waals surface area contributed by atoms with Gasteiger partial charge in [-0.15, -0.1) is 0 Å². The van der Waals surface area contributed by atoms with Crippen LogP contribution in [0.15, 0.2) is 24.3 Å². The average Bonchev–Trinajstić information content (AvgIpc) is 3.91. The van der Waals surface area contributed by atoms with Gasteiger partial charge in [-0.1, -0.05) is 27.7 Å². The zero-order valence-electron chi connectivity index (χ0n) is 27.4. The number of H-pyrrole nitrogens is 2. The molecular formula is C36H38N4O8. The Hall–Kier alpha value is -5.52. The molecule has 3 aromatic rings. The van der Waals surface area contributed by atoms with E-state index in [4.69, 9.17) is 28.9 Å². The summed E-state index contributed by atoms with van der Waals surface area (Å²) in [6, 6.07) is 6.55. The lowest BCUT2D eigenvalue weighted by molar-refractivity contribution is 0.0497. The molecule has 0 saturated heterocycles. The third-order valence-corrected chi connectivity index (χ3v) is 7.32. The number of fused-ring (bicyclic) bond motifs is 8. The first-order valence-corrected chi connectivity index (χ1v) is 16.2. The molecule has 2 aliphatic heterocycles. The number of aromatic amines is 2. The van der Waals surface area contributed by atoms with Crippen molar-refractivity contribution >= 4 is 70.2 Å². The summed E-state index contributed by atoms with van der Waals surface area (Å²) in [5.41, 5.74) is 2.65. The van der Waals surface area contributed by atoms with E-state index in [0.717, 1.165) is 0 Å². The molecule has 0 atom stereocenters. The number of carbonyl (C=O) groups excluding carboxylic acids is 4. The lowest BCUT2D eigenvalue weighted by atomic mass is 10.2. The fourth-order valence-corrected chi connectivity index (χ4v) is 5.13. The van der Waals surface area contributed by atoms with Gasteiger partial charge < -0.3 is 28.9 Å². The summed E-state index contributed by atoms with van der Waals surface area (Å²) >= 11 is 0. The van der Waals surface area contributed by atoms with Crippen molar-refractivity contribution in [2.75, 3.05) is 26.4 Å². The number of hydrogen-bond acceptors (Lipinski definition) is 10. The summed E-state index contributed by atoms with van der Waals surface area (Å²) in [6.45, 7) is 8.23. The van der Waals surface area contributed by atoms with E-state index in [2.05, 4.69) is 9.97 Å². The lowest BCUT2D eigenvalue weighted by Gasteiger charge is -2.06. The highest BCUT2D eigenvalue weighted by Gasteiger charge is 2.25. The third-order valence-electron chi connectivity index (χ3n) is 7.32. The predicted molar refractivity (Wildman–Crippen MR) is 181 cm³/mol. The zero-order chi connectivity index (χ0) is 34.2. The van der Waals surface area contributed by atoms with Crippen molar-refractivity contribution < 1.29 is 38.1 Å². The summed E-state index contributed by atoms with van der Waals surface area (Å²) in [6.07, 6.45) is 8.83. The normalized spacial score (nSPS) is 11.8. The summed E-state index contributed by atoms with van der Waals surface area (Å²) < 4.78 is 22.1. The van der Waals surface area contributed by atoms with Crippen LogP contribution in [0.4, 0.5) is 0 Å². The number of hydrogen-bond donors (Lipinski definition) is 2. The fourth-order valence-electron chi connectivity index (χ4n) is 5.13. The quantitative estimate of drug-likeness (QED) is 0.107. The molecule has 0 aromatic carbocycles. The van der Waals surface area contributed by atoms with Crippen LogP contribution in [0, 0.1) is 0 Å². The van der Waals surface area contributed by atoms with Gasteiger partial charge in [-0.2, -0.15) is 0 Å². The van der Waals surface area contributed by atoms with E-state index in [0.29, 0.717) is 47.8 Å². The van der Waals surface area contributed by atoms with Crippen LogP contribution in [-0.2, 0) is 18.9 Å². The van der Waals surface area contributed by atoms with Gasteiger partial charge in [0.15, 0.2) is 0 Å². The Morgan fingerprint density at radius 3 is 0.896 bits per heavy atom. The smallest absolute Gasteiger partial charge is 0.342 e. The molecule has 8 bridgehead atoms. The van der Waals surface area contributed by atoms with Crippen molar-refractivity contribution in [1.29, 1.82) is 0 Å². The zero-order valence-corrected chi connectivity index (χ0v) is 27.4. The van der Waals surface area contributed by atoms with Crippen LogP contribution < -0.4 is 0 Å². The number of esters is 4. The third kappa shape index (κ3) is 7.07. The molecule has 12 nitrogen and oxygen atoms in total. The molecule has 0 unspecified atom stereocenters. The van der Waals surface area contributed by atoms with Gasteiger partial charge >= 0.3 is 23.9 Å². The molecule has 12 heteroatoms. The number of rotatable bonds is 12. The Morgan fingerprint density at radius 2 is 0.688 bits per heavy atom. The summed E-state index contributed by atoms with van der Waals surface area (Å²) in [7, 11) is 0. The second-order valence-electron chi connectivity index (χ2n) is 11.0. The van der Waals surface area contributed by atoms with Crippen molar-refractivity contribution in [3.8, 4) is 0 Å². The molecule has 5 rings (SSSR count). The minimum absolute atomic E-state index is 0.105. The Balaban J connectivity index is 1.94. The van der Waals surface area contributed by atoms with Gasteiger partial charge in [0.05, 0.1) is 71.3 Å². The molecular weight excluding hydrogens is 616 g/mol. The van der Waals surface area contributed by atoms with E-state index in [-0.39, 0.29) is 71.5 Å². The highest BCUT2D eigenvalue weighted by atomic mass is 16.5. The first-order valence-electron chi connectivity index (χ1n) is 16.2. The second-order valence-corrected chi connectivity index (χ2v) is 11.0. The maximum atomic E-state index is 13.5. The highest BCUT2D eigenvalue weighted by Crippen LogP contribution is 2.28. The van der Waals surface area contributed by atoms with Gasteiger partial charge in [0.25, 0.3) is 0 Å². The molecule has 250 valence electrons. The van der Waals surface area contributed by atoms with Gasteiger partial charge in [0.1, 0.15) is 22.3 Å². The molecule has 0 fully saturated rings. The summed E-state index contributed by atoms with van der Waals surface area (Å²) in [5, 5.41) is 0. The number of nitrogens with zero attached hydrogens (tertiary/aromatic N) is 2. The molecule has 0 spiro atoms. The van der Waals surface area contributed by atoms with Crippen LogP contribution >= 0.6 is 0 Å². The number of ether oxygens (including phenoxy) is 4. The van der Waals surface area contributed by atoms with Crippen LogP contribution in [0.2, 0.25) is 0 Å². The summed E-state index contributed by atoms with van der Waals surface area (Å²) in [5.74, 6) is -2.55. The molecule has 0 amide bonds. The molecule has 2 aliphatic rings. The second kappa shape index (κ2) is 15.4. The fraction of sp³-hybridized carbons (Fsp3) is 0.333. The van der Waals surface area contributed by atoms with E-state index < -0.39 is 23.9 Å². The van der Waals surface area contributed by atoms with E-state index in [1.165, 1.54) is 0 Å². The van der Waals surface area contributed by atoms with Crippen molar-refractivity contribution in [1.82, 2.24) is 19.9 Å². The molecule has 2 N–H and O–H groups in total. The molecule has 0 radical (unpaired) electrons. The first-order chi connectivity index (χ1) is 23.3. The highest BCUT2D eigenvalue weighted by molar-refractivity contribution is 6.08. The van der Waals surface area contributed by atoms with Crippen LogP contribution in [-0.4, -0.2) is 70.2 Å². The van der Waals surface area contributed by atoms with E-state index in [9.17, 15) is 19.2 Å². The van der Waals surface area contributed by atoms with Gasteiger partial charge in [-0.05, 0) is 74.3 Å². The maximum absolute atomic E-state index is 13.5. The largest absolute Gasteiger partial charge is 0.462 e. The van der Waals surface area contributed by atoms with E-state index in [1.54, 1.807) is 48.6 Å². The molecule has 48 heavy (non-hydrogen) atoms. The number of aromatic nitrogens is 4. The SMILES string of the molecule is CCCOC(=O)c1c2nc(c(C(=O)OCCC)c3ccc([nH]3)c(C(=O)OCCC)c3nc(c(C(=O)OCCC)c4ccc1[nH]4)C=C3)C=C2. The van der Waals surface area contributed by atoms with Crippen LogP contribution in [0.5, 0.6) is 0 Å². The molecule has 0 saturated carbocycles. The number of carbonyl (C=O) groups is 4. The van der Waals surface area contributed by atoms with E-state index in [1.807, 2.05) is 27.7 Å². The Labute approximate surface area is 277 Å². The van der Waals surface area contributed by atoms with Gasteiger partial charge in [0, 0.05) is 0 Å². The van der Waals surface area contributed by atoms with Crippen molar-refractivity contribution in [2.45, 2.75) is 53.4 Å². The average molecular weight is 655 g/mol. The number of nitrogens with one attached hydrogen (secondary N) is 2. The molecule has 3 aromatic heterocycles. The summed E-state index contributed by atoms with van der Waals surface area (Å²) in [4.78, 5) is 69.8. The van der Waals surface area contributed by atoms with Crippen molar-refractivity contribution in [3.63, 3.8) is 0 Å². The maximum Gasteiger partial charge on any atom is 0.342 e. The Bertz CT molecular complexity index is 1700. The predicted octanol–water partition coefficient (Wildman–Crippen LogP) is 6.92. The van der Waals surface area contributed by atoms with Gasteiger partial charge in [0.2, 0.25) is 0 Å². The van der Waals surface area contributed by atoms with Gasteiger partial charge in [-0.3, -0.25) is 0 Å². The first kappa shape index (κ1) is 33.8. The van der Waals surface area contributed by atoms with Crippen LogP contribution in [0.3, 0.4) is 0 Å². The minimum atomic E-state index is -0.637. The van der Waals surface area contributed by atoms with Crippen molar-refractivity contribution in [3.05, 3.63) is 69.3 Å². The van der Waals surface area contributed by atoms with Crippen LogP contribution in [0.1, 0.15) is 118 Å². The van der Waals surface area contributed by atoms with Crippen molar-refractivity contribution in [2.24, 2.45) is 0 Å². The monoisotopic (exact) mass is 654 g/mol. The van der Waals surface area contributed by atoms with E-state index >= 15 is 0 Å². The van der Waals surface area contributed by atoms with Gasteiger partial charge in [-0.25, -0.2) is 29.1 Å². The lowest BCUT2D eigenvalue weighted by Crippen LogP contribution is -2.10. The minimum Gasteiger partial charge on any atom is -0.462 e. The molecule has 0 aliphatic carbocycles. The molecule has 5 heterocycles. The van der Waals surface area contributed by atoms with Crippen LogP contribution in [0.25, 0.3) is 46.4 Å². The Morgan fingerprint density at radius 1 is 0.458 bits per heavy atom. The topological polar surface area (TPSA) is 163 Å².